The van der Waals surface area contributed by atoms with Crippen LogP contribution < -0.4 is 5.32 Å². The Morgan fingerprint density at radius 2 is 2.08 bits per heavy atom. The van der Waals surface area contributed by atoms with Crippen molar-refractivity contribution in [2.75, 3.05) is 11.9 Å². The quantitative estimate of drug-likeness (QED) is 0.635. The fourth-order valence-corrected chi connectivity index (χ4v) is 3.79. The molecule has 0 unspecified atom stereocenters. The lowest BCUT2D eigenvalue weighted by Gasteiger charge is -2.10. The number of aromatic nitrogens is 3. The maximum Gasteiger partial charge on any atom is 0.256 e. The van der Waals surface area contributed by atoms with E-state index in [1.165, 1.54) is 17.9 Å². The van der Waals surface area contributed by atoms with Crippen LogP contribution in [-0.4, -0.2) is 49.3 Å². The van der Waals surface area contributed by atoms with Gasteiger partial charge in [-0.15, -0.1) is 0 Å². The summed E-state index contributed by atoms with van der Waals surface area (Å²) in [5.74, 6) is 0.0386. The molecule has 8 nitrogen and oxygen atoms in total. The molecule has 2 aromatic heterocycles. The van der Waals surface area contributed by atoms with E-state index < -0.39 is 18.3 Å². The molecule has 4 rings (SSSR count). The highest BCUT2D eigenvalue weighted by molar-refractivity contribution is 7.07. The molecular weight excluding hydrogens is 356 g/mol. The van der Waals surface area contributed by atoms with Gasteiger partial charge >= 0.3 is 0 Å². The number of hydrogen-bond donors (Lipinski definition) is 3. The predicted octanol–water partition coefficient (Wildman–Crippen LogP) is 1.52. The van der Waals surface area contributed by atoms with Crippen LogP contribution in [0.1, 0.15) is 27.8 Å². The van der Waals surface area contributed by atoms with Gasteiger partial charge in [-0.1, -0.05) is 18.2 Å². The van der Waals surface area contributed by atoms with Crippen molar-refractivity contribution in [2.45, 2.75) is 24.7 Å². The van der Waals surface area contributed by atoms with Crippen LogP contribution in [0.25, 0.3) is 11.0 Å². The number of carbonyl (C=O) groups is 1. The van der Waals surface area contributed by atoms with E-state index in [9.17, 15) is 15.0 Å². The fourth-order valence-electron chi connectivity index (χ4n) is 2.92. The van der Waals surface area contributed by atoms with Gasteiger partial charge in [0.05, 0.1) is 23.7 Å². The van der Waals surface area contributed by atoms with Crippen LogP contribution in [0.15, 0.2) is 36.7 Å². The van der Waals surface area contributed by atoms with Crippen LogP contribution >= 0.6 is 11.5 Å². The number of hydrogen-bond acceptors (Lipinski definition) is 8. The van der Waals surface area contributed by atoms with Crippen LogP contribution in [-0.2, 0) is 4.74 Å². The van der Waals surface area contributed by atoms with E-state index in [1.807, 2.05) is 6.07 Å². The van der Waals surface area contributed by atoms with E-state index in [0.717, 1.165) is 4.88 Å². The van der Waals surface area contributed by atoms with Gasteiger partial charge in [0.25, 0.3) is 5.91 Å². The highest BCUT2D eigenvalue weighted by Crippen LogP contribution is 2.39. The molecule has 26 heavy (non-hydrogen) atoms. The highest BCUT2D eigenvalue weighted by Gasteiger charge is 2.36. The van der Waals surface area contributed by atoms with Gasteiger partial charge < -0.3 is 20.3 Å². The SMILES string of the molecule is O=C(Nc1ncnc2c([C@H]3C[C@H](O)[C@@H](CO)O3)snc12)c1ccccc1. The predicted molar refractivity (Wildman–Crippen MR) is 94.9 cm³/mol. The molecule has 0 aliphatic carbocycles. The first-order valence-electron chi connectivity index (χ1n) is 8.08. The van der Waals surface area contributed by atoms with Gasteiger partial charge in [-0.25, -0.2) is 9.97 Å². The van der Waals surface area contributed by atoms with Gasteiger partial charge in [0.1, 0.15) is 23.5 Å². The van der Waals surface area contributed by atoms with Crippen LogP contribution in [0.2, 0.25) is 0 Å². The number of carbonyl (C=O) groups excluding carboxylic acids is 1. The van der Waals surface area contributed by atoms with Crippen molar-refractivity contribution in [3.63, 3.8) is 0 Å². The number of aliphatic hydroxyl groups excluding tert-OH is 2. The Kier molecular flexibility index (Phi) is 4.60. The summed E-state index contributed by atoms with van der Waals surface area (Å²) in [5, 5.41) is 21.9. The van der Waals surface area contributed by atoms with E-state index in [2.05, 4.69) is 19.7 Å². The molecule has 0 bridgehead atoms. The Morgan fingerprint density at radius 3 is 2.81 bits per heavy atom. The molecule has 3 aromatic rings. The van der Waals surface area contributed by atoms with Gasteiger partial charge in [-0.3, -0.25) is 4.79 Å². The molecule has 3 heterocycles. The van der Waals surface area contributed by atoms with Gasteiger partial charge in [0.2, 0.25) is 0 Å². The monoisotopic (exact) mass is 372 g/mol. The maximum absolute atomic E-state index is 12.4. The second-order valence-corrected chi connectivity index (χ2v) is 6.74. The summed E-state index contributed by atoms with van der Waals surface area (Å²) in [4.78, 5) is 21.5. The van der Waals surface area contributed by atoms with Gasteiger partial charge in [-0.2, -0.15) is 4.37 Å². The zero-order chi connectivity index (χ0) is 18.1. The normalized spacial score (nSPS) is 22.6. The average molecular weight is 372 g/mol. The molecule has 3 N–H and O–H groups in total. The summed E-state index contributed by atoms with van der Waals surface area (Å²) >= 11 is 1.19. The summed E-state index contributed by atoms with van der Waals surface area (Å²) in [7, 11) is 0. The Labute approximate surface area is 152 Å². The Bertz CT molecular complexity index is 933. The third-order valence-corrected chi connectivity index (χ3v) is 5.18. The van der Waals surface area contributed by atoms with Crippen LogP contribution in [0, 0.1) is 0 Å². The van der Waals surface area contributed by atoms with Crippen molar-refractivity contribution < 1.29 is 19.7 Å². The van der Waals surface area contributed by atoms with Crippen LogP contribution in [0.4, 0.5) is 5.82 Å². The first kappa shape index (κ1) is 17.0. The second-order valence-electron chi connectivity index (χ2n) is 5.94. The number of nitrogens with one attached hydrogen (secondary N) is 1. The molecule has 1 saturated heterocycles. The summed E-state index contributed by atoms with van der Waals surface area (Å²) in [6, 6.07) is 8.82. The van der Waals surface area contributed by atoms with E-state index in [-0.39, 0.29) is 12.5 Å². The number of nitrogens with zero attached hydrogens (tertiary/aromatic N) is 3. The lowest BCUT2D eigenvalue weighted by molar-refractivity contribution is -0.0214. The van der Waals surface area contributed by atoms with Gasteiger partial charge in [0.15, 0.2) is 5.82 Å². The van der Waals surface area contributed by atoms with Crippen LogP contribution in [0.3, 0.4) is 0 Å². The van der Waals surface area contributed by atoms with Gasteiger partial charge in [0, 0.05) is 12.0 Å². The minimum atomic E-state index is -0.735. The fraction of sp³-hybridized carbons (Fsp3) is 0.294. The van der Waals surface area contributed by atoms with Crippen molar-refractivity contribution in [1.82, 2.24) is 14.3 Å². The number of ether oxygens (including phenoxy) is 1. The molecule has 1 fully saturated rings. The smallest absolute Gasteiger partial charge is 0.256 e. The third-order valence-electron chi connectivity index (χ3n) is 4.26. The Hall–Kier alpha value is -2.46. The molecular formula is C17H16N4O4S. The molecule has 1 aliphatic heterocycles. The largest absolute Gasteiger partial charge is 0.394 e. The molecule has 1 aliphatic rings. The molecule has 0 saturated carbocycles. The molecule has 3 atom stereocenters. The Balaban J connectivity index is 1.63. The summed E-state index contributed by atoms with van der Waals surface area (Å²) in [6.45, 7) is -0.248. The van der Waals surface area contributed by atoms with E-state index in [1.54, 1.807) is 24.3 Å². The standard InChI is InChI=1S/C17H16N4O4S/c22-7-12-10(23)6-11(25-12)15-13-14(21-26-15)16(19-8-18-13)20-17(24)9-4-2-1-3-5-9/h1-5,8,10-12,22-23H,6-7H2,(H,18,19,20,24)/t10-,11+,12+/m0/s1. The lowest BCUT2D eigenvalue weighted by atomic mass is 10.1. The maximum atomic E-state index is 12.4. The number of anilines is 1. The molecule has 0 spiro atoms. The van der Waals surface area contributed by atoms with Crippen molar-refractivity contribution in [2.24, 2.45) is 0 Å². The van der Waals surface area contributed by atoms with Crippen molar-refractivity contribution >= 4 is 34.3 Å². The number of aliphatic hydroxyl groups is 2. The highest BCUT2D eigenvalue weighted by atomic mass is 32.1. The number of rotatable bonds is 4. The minimum absolute atomic E-state index is 0.248. The zero-order valence-electron chi connectivity index (χ0n) is 13.6. The second kappa shape index (κ2) is 7.04. The number of fused-ring (bicyclic) bond motifs is 1. The van der Waals surface area contributed by atoms with Gasteiger partial charge in [-0.05, 0) is 23.7 Å². The molecule has 134 valence electrons. The first-order chi connectivity index (χ1) is 12.7. The van der Waals surface area contributed by atoms with E-state index in [4.69, 9.17) is 4.74 Å². The summed E-state index contributed by atoms with van der Waals surface area (Å²) in [6.07, 6.45) is -0.0317. The number of benzene rings is 1. The van der Waals surface area contributed by atoms with Crippen molar-refractivity contribution in [3.8, 4) is 0 Å². The lowest BCUT2D eigenvalue weighted by Crippen LogP contribution is -2.24. The van der Waals surface area contributed by atoms with Crippen LogP contribution in [0.5, 0.6) is 0 Å². The molecule has 9 heteroatoms. The summed E-state index contributed by atoms with van der Waals surface area (Å²) in [5.41, 5.74) is 1.56. The molecule has 1 aromatic carbocycles. The topological polar surface area (TPSA) is 117 Å². The number of amides is 1. The molecule has 0 radical (unpaired) electrons. The van der Waals surface area contributed by atoms with E-state index >= 15 is 0 Å². The van der Waals surface area contributed by atoms with Crippen molar-refractivity contribution in [1.29, 1.82) is 0 Å². The molecule has 1 amide bonds. The zero-order valence-corrected chi connectivity index (χ0v) is 14.4. The Morgan fingerprint density at radius 1 is 1.27 bits per heavy atom. The third kappa shape index (κ3) is 3.06. The average Bonchev–Trinajstić information content (AvgIpc) is 3.26. The van der Waals surface area contributed by atoms with E-state index in [0.29, 0.717) is 28.8 Å². The summed E-state index contributed by atoms with van der Waals surface area (Å²) < 4.78 is 10.1. The first-order valence-corrected chi connectivity index (χ1v) is 8.85. The minimum Gasteiger partial charge on any atom is -0.394 e. The van der Waals surface area contributed by atoms with Crippen molar-refractivity contribution in [3.05, 3.63) is 47.1 Å².